The van der Waals surface area contributed by atoms with Crippen molar-refractivity contribution in [2.75, 3.05) is 0 Å². The van der Waals surface area contributed by atoms with E-state index in [2.05, 4.69) is 5.32 Å². The summed E-state index contributed by atoms with van der Waals surface area (Å²) in [6.45, 7) is 5.91. The largest absolute Gasteiger partial charge is 0.347 e. The highest BCUT2D eigenvalue weighted by molar-refractivity contribution is 7.08. The Morgan fingerprint density at radius 3 is 2.58 bits per heavy atom. The monoisotopic (exact) mass is 183 g/mol. The summed E-state index contributed by atoms with van der Waals surface area (Å²) in [5.41, 5.74) is 0.592. The summed E-state index contributed by atoms with van der Waals surface area (Å²) >= 11 is 1.53. The van der Waals surface area contributed by atoms with E-state index in [4.69, 9.17) is 0 Å². The van der Waals surface area contributed by atoms with Gasteiger partial charge >= 0.3 is 0 Å². The van der Waals surface area contributed by atoms with Gasteiger partial charge in [0.1, 0.15) is 0 Å². The van der Waals surface area contributed by atoms with Crippen LogP contribution in [0.3, 0.4) is 0 Å². The topological polar surface area (TPSA) is 29.1 Å². The number of hydrogen-bond donors (Lipinski definition) is 1. The average molecular weight is 183 g/mol. The molecule has 0 aliphatic carbocycles. The highest BCUT2D eigenvalue weighted by Gasteiger charge is 2.14. The minimum atomic E-state index is -0.154. The molecule has 0 bridgehead atoms. The Morgan fingerprint density at radius 2 is 2.17 bits per heavy atom. The van der Waals surface area contributed by atoms with E-state index in [1.54, 1.807) is 0 Å². The molecule has 0 aromatic carbocycles. The number of nitrogens with one attached hydrogen (secondary N) is 1. The van der Waals surface area contributed by atoms with Crippen LogP contribution in [0.2, 0.25) is 0 Å². The molecular formula is C9H13NOS. The first-order valence-corrected chi connectivity index (χ1v) is 4.78. The fourth-order valence-corrected chi connectivity index (χ4v) is 1.44. The normalized spacial score (nSPS) is 11.2. The van der Waals surface area contributed by atoms with Gasteiger partial charge in [-0.05, 0) is 32.2 Å². The summed E-state index contributed by atoms with van der Waals surface area (Å²) < 4.78 is 0. The summed E-state index contributed by atoms with van der Waals surface area (Å²) in [4.78, 5) is 11.4. The highest BCUT2D eigenvalue weighted by atomic mass is 32.1. The molecule has 0 atom stereocenters. The van der Waals surface area contributed by atoms with Gasteiger partial charge < -0.3 is 5.32 Å². The van der Waals surface area contributed by atoms with Gasteiger partial charge in [0.2, 0.25) is 0 Å². The molecule has 0 unspecified atom stereocenters. The van der Waals surface area contributed by atoms with Crippen molar-refractivity contribution >= 4 is 17.2 Å². The molecule has 1 aromatic rings. The van der Waals surface area contributed by atoms with Crippen molar-refractivity contribution in [2.24, 2.45) is 0 Å². The summed E-state index contributed by atoms with van der Waals surface area (Å²) in [6.07, 6.45) is 0. The summed E-state index contributed by atoms with van der Waals surface area (Å²) in [6, 6.07) is 1.83. The molecule has 12 heavy (non-hydrogen) atoms. The Hall–Kier alpha value is -0.830. The smallest absolute Gasteiger partial charge is 0.252 e. The summed E-state index contributed by atoms with van der Waals surface area (Å²) in [5, 5.41) is 6.64. The fraction of sp³-hybridized carbons (Fsp3) is 0.444. The molecule has 0 fully saturated rings. The maximum absolute atomic E-state index is 11.4. The van der Waals surface area contributed by atoms with E-state index in [0.717, 1.165) is 5.56 Å². The van der Waals surface area contributed by atoms with E-state index < -0.39 is 0 Å². The van der Waals surface area contributed by atoms with Crippen LogP contribution in [0.15, 0.2) is 16.8 Å². The fourth-order valence-electron chi connectivity index (χ4n) is 0.806. The first kappa shape index (κ1) is 9.26. The van der Waals surface area contributed by atoms with Gasteiger partial charge in [-0.1, -0.05) is 0 Å². The quantitative estimate of drug-likeness (QED) is 0.711. The van der Waals surface area contributed by atoms with E-state index in [-0.39, 0.29) is 11.4 Å². The number of amides is 1. The van der Waals surface area contributed by atoms with Gasteiger partial charge in [-0.3, -0.25) is 4.79 Å². The third-order valence-electron chi connectivity index (χ3n) is 1.27. The minimum absolute atomic E-state index is 0.00347. The van der Waals surface area contributed by atoms with E-state index in [1.807, 2.05) is 37.6 Å². The number of hydrogen-bond acceptors (Lipinski definition) is 2. The Balaban J connectivity index is 2.63. The Kier molecular flexibility index (Phi) is 2.52. The van der Waals surface area contributed by atoms with E-state index in [1.165, 1.54) is 11.3 Å². The van der Waals surface area contributed by atoms with Crippen molar-refractivity contribution in [2.45, 2.75) is 26.3 Å². The van der Waals surface area contributed by atoms with Crippen LogP contribution < -0.4 is 5.32 Å². The van der Waals surface area contributed by atoms with Crippen LogP contribution in [0.1, 0.15) is 31.1 Å². The Morgan fingerprint density at radius 1 is 1.50 bits per heavy atom. The van der Waals surface area contributed by atoms with E-state index in [0.29, 0.717) is 0 Å². The molecule has 0 aliphatic heterocycles. The Labute approximate surface area is 76.6 Å². The standard InChI is InChI=1S/C9H13NOS/c1-9(2,3)10-8(11)7-4-5-12-6-7/h4-6H,1-3H3,(H,10,11). The molecule has 0 saturated heterocycles. The first-order valence-electron chi connectivity index (χ1n) is 3.84. The number of thiophene rings is 1. The second kappa shape index (κ2) is 3.27. The molecule has 66 valence electrons. The third kappa shape index (κ3) is 2.66. The highest BCUT2D eigenvalue weighted by Crippen LogP contribution is 2.08. The van der Waals surface area contributed by atoms with Gasteiger partial charge in [-0.25, -0.2) is 0 Å². The molecule has 0 aliphatic rings. The average Bonchev–Trinajstić information content (AvgIpc) is 2.32. The summed E-state index contributed by atoms with van der Waals surface area (Å²) in [5.74, 6) is 0.00347. The lowest BCUT2D eigenvalue weighted by Gasteiger charge is -2.19. The van der Waals surface area contributed by atoms with Crippen LogP contribution >= 0.6 is 11.3 Å². The first-order chi connectivity index (χ1) is 5.49. The lowest BCUT2D eigenvalue weighted by molar-refractivity contribution is 0.0920. The van der Waals surface area contributed by atoms with Crippen molar-refractivity contribution in [3.8, 4) is 0 Å². The van der Waals surface area contributed by atoms with Crippen LogP contribution in [-0.4, -0.2) is 11.4 Å². The zero-order chi connectivity index (χ0) is 9.19. The molecule has 1 N–H and O–H groups in total. The van der Waals surface area contributed by atoms with Crippen molar-refractivity contribution in [1.82, 2.24) is 5.32 Å². The van der Waals surface area contributed by atoms with Gasteiger partial charge in [-0.2, -0.15) is 11.3 Å². The predicted octanol–water partition coefficient (Wildman–Crippen LogP) is 2.28. The SMILES string of the molecule is CC(C)(C)NC(=O)c1ccsc1. The van der Waals surface area contributed by atoms with Gasteiger partial charge in [0.05, 0.1) is 5.56 Å². The second-order valence-electron chi connectivity index (χ2n) is 3.72. The van der Waals surface area contributed by atoms with E-state index in [9.17, 15) is 4.79 Å². The molecule has 0 radical (unpaired) electrons. The number of carbonyl (C=O) groups is 1. The van der Waals surface area contributed by atoms with Crippen LogP contribution in [0.5, 0.6) is 0 Å². The van der Waals surface area contributed by atoms with Crippen molar-refractivity contribution in [1.29, 1.82) is 0 Å². The van der Waals surface area contributed by atoms with Crippen molar-refractivity contribution < 1.29 is 4.79 Å². The number of rotatable bonds is 1. The molecule has 1 rings (SSSR count). The summed E-state index contributed by atoms with van der Waals surface area (Å²) in [7, 11) is 0. The van der Waals surface area contributed by atoms with Crippen molar-refractivity contribution in [3.63, 3.8) is 0 Å². The van der Waals surface area contributed by atoms with E-state index >= 15 is 0 Å². The lowest BCUT2D eigenvalue weighted by atomic mass is 10.1. The van der Waals surface area contributed by atoms with Gasteiger partial charge in [-0.15, -0.1) is 0 Å². The van der Waals surface area contributed by atoms with Crippen molar-refractivity contribution in [3.05, 3.63) is 22.4 Å². The van der Waals surface area contributed by atoms with Gasteiger partial charge in [0, 0.05) is 10.9 Å². The number of carbonyl (C=O) groups excluding carboxylic acids is 1. The molecule has 3 heteroatoms. The molecule has 1 aromatic heterocycles. The molecule has 2 nitrogen and oxygen atoms in total. The molecule has 0 spiro atoms. The molecule has 0 saturated carbocycles. The molecule has 1 amide bonds. The molecular weight excluding hydrogens is 170 g/mol. The second-order valence-corrected chi connectivity index (χ2v) is 4.50. The zero-order valence-corrected chi connectivity index (χ0v) is 8.37. The third-order valence-corrected chi connectivity index (χ3v) is 1.96. The maximum atomic E-state index is 11.4. The van der Waals surface area contributed by atoms with Crippen LogP contribution in [0.25, 0.3) is 0 Å². The molecule has 1 heterocycles. The minimum Gasteiger partial charge on any atom is -0.347 e. The maximum Gasteiger partial charge on any atom is 0.252 e. The Bertz CT molecular complexity index is 259. The van der Waals surface area contributed by atoms with Gasteiger partial charge in [0.25, 0.3) is 5.91 Å². The van der Waals surface area contributed by atoms with Crippen LogP contribution in [0, 0.1) is 0 Å². The lowest BCUT2D eigenvalue weighted by Crippen LogP contribution is -2.40. The van der Waals surface area contributed by atoms with Gasteiger partial charge in [0.15, 0.2) is 0 Å². The van der Waals surface area contributed by atoms with Crippen LogP contribution in [-0.2, 0) is 0 Å². The predicted molar refractivity (Wildman–Crippen MR) is 51.5 cm³/mol. The zero-order valence-electron chi connectivity index (χ0n) is 7.55. The van der Waals surface area contributed by atoms with Crippen LogP contribution in [0.4, 0.5) is 0 Å².